The van der Waals surface area contributed by atoms with Crippen molar-refractivity contribution < 1.29 is 0 Å². The first-order chi connectivity index (χ1) is 5.56. The van der Waals surface area contributed by atoms with E-state index >= 15 is 0 Å². The summed E-state index contributed by atoms with van der Waals surface area (Å²) in [6, 6.07) is 10.6. The molecule has 0 amide bonds. The van der Waals surface area contributed by atoms with Crippen LogP contribution in [0.15, 0.2) is 30.3 Å². The van der Waals surface area contributed by atoms with Crippen LogP contribution in [0, 0.1) is 0 Å². The van der Waals surface area contributed by atoms with Crippen molar-refractivity contribution in [3.8, 4) is 0 Å². The van der Waals surface area contributed by atoms with Crippen LogP contribution in [0.2, 0.25) is 0 Å². The molecule has 0 aromatic heterocycles. The van der Waals surface area contributed by atoms with E-state index in [2.05, 4.69) is 69.1 Å². The van der Waals surface area contributed by atoms with Crippen LogP contribution < -0.4 is 0 Å². The van der Waals surface area contributed by atoms with Crippen LogP contribution in [0.1, 0.15) is 18.9 Å². The summed E-state index contributed by atoms with van der Waals surface area (Å²) >= 11 is 7.32. The zero-order valence-corrected chi connectivity index (χ0v) is 10.0. The molecule has 1 aromatic rings. The van der Waals surface area contributed by atoms with Crippen LogP contribution >= 0.6 is 31.9 Å². The standard InChI is InChI=1S/C10H10Br2/c1-9(7-10(9,11)12)8-5-3-2-4-6-8/h2-6H,7H2,1H3. The Balaban J connectivity index is 2.35. The molecule has 1 unspecified atom stereocenters. The Kier molecular flexibility index (Phi) is 1.89. The quantitative estimate of drug-likeness (QED) is 0.689. The summed E-state index contributed by atoms with van der Waals surface area (Å²) in [6.45, 7) is 2.27. The molecule has 1 fully saturated rings. The Morgan fingerprint density at radius 1 is 1.17 bits per heavy atom. The van der Waals surface area contributed by atoms with E-state index in [1.807, 2.05) is 0 Å². The van der Waals surface area contributed by atoms with E-state index in [0.717, 1.165) is 6.42 Å². The van der Waals surface area contributed by atoms with E-state index in [-0.39, 0.29) is 8.65 Å². The SMILES string of the molecule is CC1(c2ccccc2)CC1(Br)Br. The molecule has 12 heavy (non-hydrogen) atoms. The van der Waals surface area contributed by atoms with E-state index in [1.165, 1.54) is 5.56 Å². The highest BCUT2D eigenvalue weighted by atomic mass is 79.9. The summed E-state index contributed by atoms with van der Waals surface area (Å²) in [5.41, 5.74) is 1.67. The maximum Gasteiger partial charge on any atom is 0.0908 e. The number of hydrogen-bond donors (Lipinski definition) is 0. The van der Waals surface area contributed by atoms with Crippen molar-refractivity contribution in [2.45, 2.75) is 22.0 Å². The van der Waals surface area contributed by atoms with Gasteiger partial charge in [0, 0.05) is 5.41 Å². The van der Waals surface area contributed by atoms with Crippen molar-refractivity contribution >= 4 is 31.9 Å². The molecule has 0 nitrogen and oxygen atoms in total. The lowest BCUT2D eigenvalue weighted by Gasteiger charge is -2.11. The Morgan fingerprint density at radius 2 is 1.67 bits per heavy atom. The zero-order valence-electron chi connectivity index (χ0n) is 6.85. The summed E-state index contributed by atoms with van der Waals surface area (Å²) in [6.07, 6.45) is 1.16. The first kappa shape index (κ1) is 8.76. The van der Waals surface area contributed by atoms with Gasteiger partial charge in [0.25, 0.3) is 0 Å². The van der Waals surface area contributed by atoms with E-state index in [1.54, 1.807) is 0 Å². The number of benzene rings is 1. The Labute approximate surface area is 89.6 Å². The summed E-state index contributed by atoms with van der Waals surface area (Å²) < 4.78 is 0.133. The molecular formula is C10H10Br2. The highest BCUT2D eigenvalue weighted by Gasteiger charge is 2.62. The number of alkyl halides is 2. The van der Waals surface area contributed by atoms with Gasteiger partial charge in [0.15, 0.2) is 0 Å². The molecule has 0 radical (unpaired) electrons. The van der Waals surface area contributed by atoms with E-state index in [4.69, 9.17) is 0 Å². The van der Waals surface area contributed by atoms with Crippen LogP contribution in [0.5, 0.6) is 0 Å². The van der Waals surface area contributed by atoms with Gasteiger partial charge in [0.1, 0.15) is 0 Å². The Hall–Kier alpha value is 0.180. The second-order valence-electron chi connectivity index (χ2n) is 3.58. The molecule has 1 aliphatic rings. The summed E-state index contributed by atoms with van der Waals surface area (Å²) in [5.74, 6) is 0. The molecule has 1 aliphatic carbocycles. The molecule has 0 spiro atoms. The third-order valence-electron chi connectivity index (χ3n) is 2.67. The maximum atomic E-state index is 3.66. The molecule has 64 valence electrons. The van der Waals surface area contributed by atoms with Crippen molar-refractivity contribution in [2.24, 2.45) is 0 Å². The fourth-order valence-electron chi connectivity index (χ4n) is 1.52. The molecule has 2 rings (SSSR count). The van der Waals surface area contributed by atoms with Crippen LogP contribution in [-0.2, 0) is 5.41 Å². The smallest absolute Gasteiger partial charge is 0.0717 e. The second kappa shape index (κ2) is 2.58. The first-order valence-corrected chi connectivity index (χ1v) is 5.58. The number of halogens is 2. The van der Waals surface area contributed by atoms with Crippen molar-refractivity contribution in [1.29, 1.82) is 0 Å². The van der Waals surface area contributed by atoms with Crippen molar-refractivity contribution in [2.75, 3.05) is 0 Å². The second-order valence-corrected chi connectivity index (χ2v) is 7.35. The minimum atomic E-state index is 0.133. The molecule has 0 aliphatic heterocycles. The van der Waals surface area contributed by atoms with Gasteiger partial charge in [0.2, 0.25) is 0 Å². The fraction of sp³-hybridized carbons (Fsp3) is 0.400. The maximum absolute atomic E-state index is 3.66. The molecule has 1 atom stereocenters. The summed E-state index contributed by atoms with van der Waals surface area (Å²) in [5, 5.41) is 0. The average molecular weight is 290 g/mol. The van der Waals surface area contributed by atoms with E-state index in [9.17, 15) is 0 Å². The van der Waals surface area contributed by atoms with Gasteiger partial charge in [-0.25, -0.2) is 0 Å². The number of rotatable bonds is 1. The minimum Gasteiger partial charge on any atom is -0.0717 e. The van der Waals surface area contributed by atoms with Gasteiger partial charge in [0.05, 0.1) is 3.23 Å². The molecule has 1 aromatic carbocycles. The largest absolute Gasteiger partial charge is 0.0908 e. The topological polar surface area (TPSA) is 0 Å². The highest BCUT2D eigenvalue weighted by Crippen LogP contribution is 2.66. The first-order valence-electron chi connectivity index (χ1n) is 4.00. The monoisotopic (exact) mass is 288 g/mol. The van der Waals surface area contributed by atoms with Crippen molar-refractivity contribution in [3.63, 3.8) is 0 Å². The van der Waals surface area contributed by atoms with Crippen molar-refractivity contribution in [3.05, 3.63) is 35.9 Å². The lowest BCUT2D eigenvalue weighted by Crippen LogP contribution is -2.08. The van der Waals surface area contributed by atoms with E-state index < -0.39 is 0 Å². The summed E-state index contributed by atoms with van der Waals surface area (Å²) in [4.78, 5) is 0. The predicted octanol–water partition coefficient (Wildman–Crippen LogP) is 3.83. The fourth-order valence-corrected chi connectivity index (χ4v) is 3.10. The van der Waals surface area contributed by atoms with Gasteiger partial charge in [-0.3, -0.25) is 0 Å². The molecule has 0 N–H and O–H groups in total. The van der Waals surface area contributed by atoms with Crippen LogP contribution in [0.25, 0.3) is 0 Å². The average Bonchev–Trinajstić information content (AvgIpc) is 2.55. The molecule has 0 bridgehead atoms. The third kappa shape index (κ3) is 1.16. The lowest BCUT2D eigenvalue weighted by molar-refractivity contribution is 0.787. The Morgan fingerprint density at radius 3 is 2.08 bits per heavy atom. The van der Waals surface area contributed by atoms with Crippen LogP contribution in [0.4, 0.5) is 0 Å². The molecular weight excluding hydrogens is 280 g/mol. The highest BCUT2D eigenvalue weighted by molar-refractivity contribution is 9.25. The van der Waals surface area contributed by atoms with Gasteiger partial charge < -0.3 is 0 Å². The van der Waals surface area contributed by atoms with Gasteiger partial charge in [-0.05, 0) is 12.0 Å². The van der Waals surface area contributed by atoms with Gasteiger partial charge >= 0.3 is 0 Å². The Bertz CT molecular complexity index is 292. The number of hydrogen-bond acceptors (Lipinski definition) is 0. The molecule has 0 saturated heterocycles. The lowest BCUT2D eigenvalue weighted by atomic mass is 9.99. The van der Waals surface area contributed by atoms with Gasteiger partial charge in [-0.2, -0.15) is 0 Å². The normalized spacial score (nSPS) is 31.6. The molecule has 2 heteroatoms. The minimum absolute atomic E-state index is 0.133. The predicted molar refractivity (Wildman–Crippen MR) is 59.0 cm³/mol. The van der Waals surface area contributed by atoms with Crippen LogP contribution in [-0.4, -0.2) is 3.23 Å². The third-order valence-corrected chi connectivity index (χ3v) is 4.98. The zero-order chi connectivity index (χ0) is 8.82. The molecule has 0 heterocycles. The van der Waals surface area contributed by atoms with Gasteiger partial charge in [-0.1, -0.05) is 69.1 Å². The van der Waals surface area contributed by atoms with Crippen molar-refractivity contribution in [1.82, 2.24) is 0 Å². The van der Waals surface area contributed by atoms with Crippen LogP contribution in [0.3, 0.4) is 0 Å². The van der Waals surface area contributed by atoms with Gasteiger partial charge in [-0.15, -0.1) is 0 Å². The molecule has 1 saturated carbocycles. The van der Waals surface area contributed by atoms with E-state index in [0.29, 0.717) is 0 Å². The summed E-state index contributed by atoms with van der Waals surface area (Å²) in [7, 11) is 0.